The number of hydrogen-bond acceptors (Lipinski definition) is 3. The highest BCUT2D eigenvalue weighted by atomic mass is 35.5. The number of rotatable bonds is 3. The van der Waals surface area contributed by atoms with E-state index in [1.165, 1.54) is 6.07 Å². The predicted octanol–water partition coefficient (Wildman–Crippen LogP) is 2.87. The van der Waals surface area contributed by atoms with E-state index < -0.39 is 0 Å². The minimum Gasteiger partial charge on any atom is -0.397 e. The maximum absolute atomic E-state index is 12.2. The number of nitrogens with zero attached hydrogens (tertiary/aromatic N) is 2. The summed E-state index contributed by atoms with van der Waals surface area (Å²) in [6.45, 7) is 2.57. The molecule has 0 atom stereocenters. The van der Waals surface area contributed by atoms with Crippen molar-refractivity contribution in [1.29, 1.82) is 5.26 Å². The van der Waals surface area contributed by atoms with Gasteiger partial charge in [0.25, 0.3) is 5.91 Å². The Balaban J connectivity index is 2.26. The summed E-state index contributed by atoms with van der Waals surface area (Å²) >= 11 is 5.85. The number of anilines is 2. The van der Waals surface area contributed by atoms with E-state index in [9.17, 15) is 4.79 Å². The monoisotopic (exact) mass is 288 g/mol. The fraction of sp³-hybridized carbons (Fsp3) is 0.143. The fourth-order valence-corrected chi connectivity index (χ4v) is 2.03. The summed E-state index contributed by atoms with van der Waals surface area (Å²) < 4.78 is 1.76. The van der Waals surface area contributed by atoms with Crippen molar-refractivity contribution in [2.45, 2.75) is 13.5 Å². The standard InChI is InChI=1S/C14H13ClN4O/c1-2-19-8-10(17)6-13(19)14(20)18-11-3-4-12(15)9(5-11)7-16/h3-6,8H,2,17H2,1H3,(H,18,20). The van der Waals surface area contributed by atoms with Gasteiger partial charge in [-0.2, -0.15) is 5.26 Å². The minimum absolute atomic E-state index is 0.283. The molecule has 102 valence electrons. The number of carbonyl (C=O) groups excluding carboxylic acids is 1. The van der Waals surface area contributed by atoms with Gasteiger partial charge in [-0.25, -0.2) is 0 Å². The van der Waals surface area contributed by atoms with Crippen molar-refractivity contribution in [2.24, 2.45) is 0 Å². The number of hydrogen-bond donors (Lipinski definition) is 2. The lowest BCUT2D eigenvalue weighted by Crippen LogP contribution is -2.16. The Morgan fingerprint density at radius 2 is 2.25 bits per heavy atom. The molecule has 0 radical (unpaired) electrons. The van der Waals surface area contributed by atoms with Gasteiger partial charge in [-0.15, -0.1) is 0 Å². The molecule has 1 heterocycles. The lowest BCUT2D eigenvalue weighted by Gasteiger charge is -2.08. The summed E-state index contributed by atoms with van der Waals surface area (Å²) in [5, 5.41) is 12.0. The number of amides is 1. The molecule has 2 aromatic rings. The number of nitrogens with one attached hydrogen (secondary N) is 1. The summed E-state index contributed by atoms with van der Waals surface area (Å²) in [6.07, 6.45) is 1.71. The SMILES string of the molecule is CCn1cc(N)cc1C(=O)Nc1ccc(Cl)c(C#N)c1. The van der Waals surface area contributed by atoms with Gasteiger partial charge in [0, 0.05) is 18.4 Å². The fourth-order valence-electron chi connectivity index (χ4n) is 1.87. The molecule has 1 aromatic heterocycles. The van der Waals surface area contributed by atoms with E-state index in [2.05, 4.69) is 5.32 Å². The Bertz CT molecular complexity index is 700. The third-order valence-electron chi connectivity index (χ3n) is 2.84. The van der Waals surface area contributed by atoms with Crippen LogP contribution in [0.15, 0.2) is 30.5 Å². The van der Waals surface area contributed by atoms with Crippen LogP contribution in [0.25, 0.3) is 0 Å². The van der Waals surface area contributed by atoms with Crippen molar-refractivity contribution in [3.8, 4) is 6.07 Å². The second-order valence-corrected chi connectivity index (χ2v) is 4.61. The molecule has 0 bridgehead atoms. The first-order valence-corrected chi connectivity index (χ1v) is 6.39. The molecular weight excluding hydrogens is 276 g/mol. The normalized spacial score (nSPS) is 10.1. The molecule has 0 saturated carbocycles. The molecule has 1 amide bonds. The van der Waals surface area contributed by atoms with E-state index in [0.717, 1.165) is 0 Å². The zero-order chi connectivity index (χ0) is 14.7. The number of nitrogen functional groups attached to an aromatic ring is 1. The first kappa shape index (κ1) is 14.0. The Morgan fingerprint density at radius 1 is 1.50 bits per heavy atom. The first-order valence-electron chi connectivity index (χ1n) is 6.01. The molecule has 0 aliphatic heterocycles. The molecule has 0 aliphatic rings. The van der Waals surface area contributed by atoms with E-state index >= 15 is 0 Å². The average Bonchev–Trinajstić information content (AvgIpc) is 2.82. The number of carbonyl (C=O) groups is 1. The maximum Gasteiger partial charge on any atom is 0.272 e. The van der Waals surface area contributed by atoms with Gasteiger partial charge in [0.15, 0.2) is 0 Å². The summed E-state index contributed by atoms with van der Waals surface area (Å²) in [7, 11) is 0. The van der Waals surface area contributed by atoms with Crippen LogP contribution in [0.4, 0.5) is 11.4 Å². The van der Waals surface area contributed by atoms with E-state index in [-0.39, 0.29) is 5.91 Å². The maximum atomic E-state index is 12.2. The van der Waals surface area contributed by atoms with E-state index in [4.69, 9.17) is 22.6 Å². The van der Waals surface area contributed by atoms with Gasteiger partial charge >= 0.3 is 0 Å². The van der Waals surface area contributed by atoms with E-state index in [1.807, 2.05) is 13.0 Å². The molecule has 0 unspecified atom stereocenters. The Morgan fingerprint density at radius 3 is 2.90 bits per heavy atom. The van der Waals surface area contributed by atoms with Crippen LogP contribution < -0.4 is 11.1 Å². The molecule has 20 heavy (non-hydrogen) atoms. The van der Waals surface area contributed by atoms with Crippen LogP contribution in [0.1, 0.15) is 23.0 Å². The van der Waals surface area contributed by atoms with Crippen molar-refractivity contribution in [3.63, 3.8) is 0 Å². The molecule has 6 heteroatoms. The summed E-state index contributed by atoms with van der Waals surface area (Å²) in [6, 6.07) is 8.32. The van der Waals surface area contributed by atoms with Crippen molar-refractivity contribution >= 4 is 28.9 Å². The zero-order valence-corrected chi connectivity index (χ0v) is 11.6. The van der Waals surface area contributed by atoms with Gasteiger partial charge in [0.2, 0.25) is 0 Å². The van der Waals surface area contributed by atoms with Gasteiger partial charge in [-0.05, 0) is 31.2 Å². The van der Waals surface area contributed by atoms with Crippen LogP contribution in [0.5, 0.6) is 0 Å². The van der Waals surface area contributed by atoms with Crippen LogP contribution in [0, 0.1) is 11.3 Å². The number of halogens is 1. The number of benzene rings is 1. The number of nitriles is 1. The highest BCUT2D eigenvalue weighted by Crippen LogP contribution is 2.20. The van der Waals surface area contributed by atoms with E-state index in [0.29, 0.717) is 34.2 Å². The van der Waals surface area contributed by atoms with E-state index in [1.54, 1.807) is 29.0 Å². The summed E-state index contributed by atoms with van der Waals surface area (Å²) in [5.41, 5.74) is 7.52. The number of aromatic nitrogens is 1. The smallest absolute Gasteiger partial charge is 0.272 e. The molecule has 0 fully saturated rings. The number of aryl methyl sites for hydroxylation is 1. The Labute approximate surface area is 121 Å². The molecule has 1 aromatic carbocycles. The van der Waals surface area contributed by atoms with Crippen molar-refractivity contribution in [2.75, 3.05) is 11.1 Å². The van der Waals surface area contributed by atoms with Crippen LogP contribution in [0.3, 0.4) is 0 Å². The summed E-state index contributed by atoms with van der Waals surface area (Å²) in [5.74, 6) is -0.283. The topological polar surface area (TPSA) is 83.8 Å². The van der Waals surface area contributed by atoms with Crippen molar-refractivity contribution < 1.29 is 4.79 Å². The third kappa shape index (κ3) is 2.76. The Hall–Kier alpha value is -2.45. The van der Waals surface area contributed by atoms with Crippen LogP contribution >= 0.6 is 11.6 Å². The highest BCUT2D eigenvalue weighted by molar-refractivity contribution is 6.31. The van der Waals surface area contributed by atoms with Crippen LogP contribution in [-0.2, 0) is 6.54 Å². The van der Waals surface area contributed by atoms with Crippen molar-refractivity contribution in [1.82, 2.24) is 4.57 Å². The molecule has 0 aliphatic carbocycles. The molecule has 2 rings (SSSR count). The van der Waals surface area contributed by atoms with Crippen LogP contribution in [-0.4, -0.2) is 10.5 Å². The highest BCUT2D eigenvalue weighted by Gasteiger charge is 2.13. The lowest BCUT2D eigenvalue weighted by molar-refractivity contribution is 0.101. The summed E-state index contributed by atoms with van der Waals surface area (Å²) in [4.78, 5) is 12.2. The second-order valence-electron chi connectivity index (χ2n) is 4.21. The molecule has 0 spiro atoms. The van der Waals surface area contributed by atoms with Gasteiger partial charge in [0.1, 0.15) is 11.8 Å². The third-order valence-corrected chi connectivity index (χ3v) is 3.17. The minimum atomic E-state index is -0.283. The van der Waals surface area contributed by atoms with Gasteiger partial charge in [-0.3, -0.25) is 4.79 Å². The van der Waals surface area contributed by atoms with Gasteiger partial charge < -0.3 is 15.6 Å². The average molecular weight is 289 g/mol. The molecular formula is C14H13ClN4O. The molecule has 0 saturated heterocycles. The zero-order valence-electron chi connectivity index (χ0n) is 10.9. The van der Waals surface area contributed by atoms with Gasteiger partial charge in [0.05, 0.1) is 16.3 Å². The molecule has 3 N–H and O–H groups in total. The first-order chi connectivity index (χ1) is 9.55. The quantitative estimate of drug-likeness (QED) is 0.911. The number of nitrogens with two attached hydrogens (primary N) is 1. The largest absolute Gasteiger partial charge is 0.397 e. The van der Waals surface area contributed by atoms with Gasteiger partial charge in [-0.1, -0.05) is 11.6 Å². The lowest BCUT2D eigenvalue weighted by atomic mass is 10.2. The van der Waals surface area contributed by atoms with Crippen molar-refractivity contribution in [3.05, 3.63) is 46.7 Å². The second kappa shape index (κ2) is 5.68. The molecule has 5 nitrogen and oxygen atoms in total. The predicted molar refractivity (Wildman–Crippen MR) is 78.6 cm³/mol. The Kier molecular flexibility index (Phi) is 3.97. The van der Waals surface area contributed by atoms with Crippen LogP contribution in [0.2, 0.25) is 5.02 Å².